The van der Waals surface area contributed by atoms with Gasteiger partial charge in [0, 0.05) is 18.0 Å². The van der Waals surface area contributed by atoms with E-state index >= 15 is 0 Å². The molecular formula is C16H18N4O2S2. The molecule has 1 aromatic carbocycles. The van der Waals surface area contributed by atoms with E-state index in [0.29, 0.717) is 18.0 Å². The summed E-state index contributed by atoms with van der Waals surface area (Å²) in [4.78, 5) is 24.2. The van der Waals surface area contributed by atoms with Gasteiger partial charge in [0.05, 0.1) is 0 Å². The summed E-state index contributed by atoms with van der Waals surface area (Å²) in [6.45, 7) is 2.04. The molecule has 0 aliphatic carbocycles. The predicted octanol–water partition coefficient (Wildman–Crippen LogP) is 3.18. The van der Waals surface area contributed by atoms with Crippen LogP contribution in [-0.4, -0.2) is 27.8 Å². The molecule has 2 amide bonds. The minimum absolute atomic E-state index is 0.0148. The number of rotatable bonds is 6. The fraction of sp³-hybridized carbons (Fsp3) is 0.375. The quantitative estimate of drug-likeness (QED) is 0.609. The lowest BCUT2D eigenvalue weighted by Gasteiger charge is -2.24. The summed E-state index contributed by atoms with van der Waals surface area (Å²) in [5, 5.41) is 14.1. The van der Waals surface area contributed by atoms with Gasteiger partial charge in [0.2, 0.25) is 16.9 Å². The normalized spacial score (nSPS) is 16.4. The van der Waals surface area contributed by atoms with E-state index in [1.807, 2.05) is 31.2 Å². The summed E-state index contributed by atoms with van der Waals surface area (Å²) < 4.78 is 0.844. The Morgan fingerprint density at radius 3 is 3.08 bits per heavy atom. The van der Waals surface area contributed by atoms with Crippen LogP contribution in [0.15, 0.2) is 28.6 Å². The summed E-state index contributed by atoms with van der Waals surface area (Å²) in [5.41, 5.74) is 1.99. The van der Waals surface area contributed by atoms with Crippen LogP contribution in [0, 0.1) is 5.92 Å². The van der Waals surface area contributed by atoms with Gasteiger partial charge in [-0.2, -0.15) is 0 Å². The van der Waals surface area contributed by atoms with Gasteiger partial charge in [-0.05, 0) is 30.2 Å². The number of thioether (sulfide) groups is 1. The van der Waals surface area contributed by atoms with Gasteiger partial charge in [-0.15, -0.1) is 10.2 Å². The van der Waals surface area contributed by atoms with E-state index < -0.39 is 0 Å². The van der Waals surface area contributed by atoms with Gasteiger partial charge in [-0.1, -0.05) is 48.2 Å². The van der Waals surface area contributed by atoms with Gasteiger partial charge in [0.1, 0.15) is 0 Å². The van der Waals surface area contributed by atoms with E-state index in [1.54, 1.807) is 11.8 Å². The third-order valence-corrected chi connectivity index (χ3v) is 5.61. The number of nitrogens with zero attached hydrogens (tertiary/aromatic N) is 2. The molecule has 0 bridgehead atoms. The summed E-state index contributed by atoms with van der Waals surface area (Å²) in [7, 11) is 0. The molecule has 1 aliphatic rings. The minimum Gasteiger partial charge on any atom is -0.326 e. The fourth-order valence-electron chi connectivity index (χ4n) is 2.58. The highest BCUT2D eigenvalue weighted by Crippen LogP contribution is 2.28. The third-order valence-electron chi connectivity index (χ3n) is 3.75. The second kappa shape index (κ2) is 7.76. The van der Waals surface area contributed by atoms with Crippen molar-refractivity contribution >= 4 is 45.7 Å². The van der Waals surface area contributed by atoms with E-state index in [2.05, 4.69) is 20.8 Å². The Morgan fingerprint density at radius 1 is 1.42 bits per heavy atom. The Labute approximate surface area is 148 Å². The number of nitrogens with one attached hydrogen (secondary N) is 2. The van der Waals surface area contributed by atoms with Crippen LogP contribution in [0.25, 0.3) is 0 Å². The highest BCUT2D eigenvalue weighted by atomic mass is 32.2. The van der Waals surface area contributed by atoms with Gasteiger partial charge >= 0.3 is 0 Å². The average Bonchev–Trinajstić information content (AvgIpc) is 3.00. The Morgan fingerprint density at radius 2 is 2.25 bits per heavy atom. The lowest BCUT2D eigenvalue weighted by Crippen LogP contribution is -2.30. The van der Waals surface area contributed by atoms with Gasteiger partial charge in [0.15, 0.2) is 4.34 Å². The summed E-state index contributed by atoms with van der Waals surface area (Å²) in [6, 6.07) is 7.77. The predicted molar refractivity (Wildman–Crippen MR) is 96.4 cm³/mol. The third kappa shape index (κ3) is 4.12. The molecule has 1 aromatic heterocycles. The van der Waals surface area contributed by atoms with E-state index in [0.717, 1.165) is 21.3 Å². The maximum absolute atomic E-state index is 12.1. The first-order valence-corrected chi connectivity index (χ1v) is 9.61. The Kier molecular flexibility index (Phi) is 5.47. The summed E-state index contributed by atoms with van der Waals surface area (Å²) in [5.74, 6) is 0.595. The molecule has 126 valence electrons. The minimum atomic E-state index is -0.175. The number of hydrogen-bond donors (Lipinski definition) is 2. The van der Waals surface area contributed by atoms with E-state index in [1.165, 1.54) is 11.3 Å². The number of hydrogen-bond acceptors (Lipinski definition) is 6. The Hall–Kier alpha value is -1.93. The van der Waals surface area contributed by atoms with Crippen LogP contribution in [0.5, 0.6) is 0 Å². The first-order chi connectivity index (χ1) is 11.7. The molecule has 2 heterocycles. The molecule has 1 unspecified atom stereocenters. The zero-order chi connectivity index (χ0) is 16.9. The highest BCUT2D eigenvalue weighted by Gasteiger charge is 2.26. The maximum Gasteiger partial charge on any atom is 0.227 e. The standard InChI is InChI=1S/C16H18N4O2S2/c1-2-23-16-20-19-15(24-16)18-13(21)8-7-11-9-10-5-3-4-6-12(10)17-14(11)22/h3-6,11H,2,7-9H2,1H3,(H,17,22)(H,18,19,21). The first kappa shape index (κ1) is 16.9. The van der Waals surface area contributed by atoms with E-state index in [-0.39, 0.29) is 24.2 Å². The number of benzene rings is 1. The number of carbonyl (C=O) groups is 2. The van der Waals surface area contributed by atoms with Crippen LogP contribution in [0.3, 0.4) is 0 Å². The Balaban J connectivity index is 1.51. The van der Waals surface area contributed by atoms with E-state index in [4.69, 9.17) is 0 Å². The molecular weight excluding hydrogens is 344 g/mol. The topological polar surface area (TPSA) is 84.0 Å². The number of amides is 2. The van der Waals surface area contributed by atoms with Crippen molar-refractivity contribution in [1.82, 2.24) is 10.2 Å². The van der Waals surface area contributed by atoms with Gasteiger partial charge in [0.25, 0.3) is 0 Å². The maximum atomic E-state index is 12.1. The van der Waals surface area contributed by atoms with Crippen molar-refractivity contribution in [3.63, 3.8) is 0 Å². The van der Waals surface area contributed by atoms with Crippen molar-refractivity contribution in [2.75, 3.05) is 16.4 Å². The van der Waals surface area contributed by atoms with Gasteiger partial charge in [-0.25, -0.2) is 0 Å². The smallest absolute Gasteiger partial charge is 0.227 e. The van der Waals surface area contributed by atoms with Crippen LogP contribution in [-0.2, 0) is 16.0 Å². The lowest BCUT2D eigenvalue weighted by atomic mass is 9.89. The lowest BCUT2D eigenvalue weighted by molar-refractivity contribution is -0.121. The fourth-order valence-corrected chi connectivity index (χ4v) is 4.24. The highest BCUT2D eigenvalue weighted by molar-refractivity contribution is 8.01. The molecule has 1 atom stereocenters. The number of fused-ring (bicyclic) bond motifs is 1. The molecule has 2 aromatic rings. The second-order valence-corrected chi connectivity index (χ2v) is 7.93. The molecule has 0 saturated carbocycles. The first-order valence-electron chi connectivity index (χ1n) is 7.80. The SMILES string of the molecule is CCSc1nnc(NC(=O)CCC2Cc3ccccc3NC2=O)s1. The molecule has 3 rings (SSSR count). The number of para-hydroxylation sites is 1. The average molecular weight is 362 g/mol. The zero-order valence-electron chi connectivity index (χ0n) is 13.2. The molecule has 1 aliphatic heterocycles. The molecule has 6 nitrogen and oxygen atoms in total. The van der Waals surface area contributed by atoms with Crippen molar-refractivity contribution in [3.8, 4) is 0 Å². The monoisotopic (exact) mass is 362 g/mol. The van der Waals surface area contributed by atoms with Crippen molar-refractivity contribution in [2.45, 2.75) is 30.5 Å². The molecule has 2 N–H and O–H groups in total. The number of aromatic nitrogens is 2. The Bertz CT molecular complexity index is 747. The number of anilines is 2. The molecule has 24 heavy (non-hydrogen) atoms. The van der Waals surface area contributed by atoms with Crippen LogP contribution in [0.1, 0.15) is 25.3 Å². The van der Waals surface area contributed by atoms with Crippen molar-refractivity contribution < 1.29 is 9.59 Å². The molecule has 0 fully saturated rings. The van der Waals surface area contributed by atoms with Crippen molar-refractivity contribution in [3.05, 3.63) is 29.8 Å². The van der Waals surface area contributed by atoms with Gasteiger partial charge < -0.3 is 10.6 Å². The number of carbonyl (C=O) groups excluding carboxylic acids is 2. The molecule has 0 saturated heterocycles. The summed E-state index contributed by atoms with van der Waals surface area (Å²) >= 11 is 2.96. The van der Waals surface area contributed by atoms with E-state index in [9.17, 15) is 9.59 Å². The second-order valence-electron chi connectivity index (χ2n) is 5.44. The largest absolute Gasteiger partial charge is 0.326 e. The van der Waals surface area contributed by atoms with Crippen molar-refractivity contribution in [2.24, 2.45) is 5.92 Å². The van der Waals surface area contributed by atoms with Crippen LogP contribution in [0.4, 0.5) is 10.8 Å². The van der Waals surface area contributed by atoms with Crippen LogP contribution >= 0.6 is 23.1 Å². The van der Waals surface area contributed by atoms with Crippen LogP contribution < -0.4 is 10.6 Å². The van der Waals surface area contributed by atoms with Gasteiger partial charge in [-0.3, -0.25) is 9.59 Å². The molecule has 8 heteroatoms. The van der Waals surface area contributed by atoms with Crippen molar-refractivity contribution in [1.29, 1.82) is 0 Å². The van der Waals surface area contributed by atoms with Crippen LogP contribution in [0.2, 0.25) is 0 Å². The molecule has 0 radical (unpaired) electrons. The molecule has 0 spiro atoms. The zero-order valence-corrected chi connectivity index (χ0v) is 14.9. The summed E-state index contributed by atoms with van der Waals surface area (Å²) in [6.07, 6.45) is 1.48.